The van der Waals surface area contributed by atoms with Crippen LogP contribution in [0.4, 0.5) is 4.39 Å². The standard InChI is InChI=1S/C13H19FN2/c1-15-9-13(7-8-13)12(16-2)10-5-3-4-6-11(10)14/h3-6,12,15-16H,7-9H2,1-2H3. The summed E-state index contributed by atoms with van der Waals surface area (Å²) >= 11 is 0. The van der Waals surface area contributed by atoms with Crippen molar-refractivity contribution in [2.24, 2.45) is 5.41 Å². The lowest BCUT2D eigenvalue weighted by Gasteiger charge is -2.27. The quantitative estimate of drug-likeness (QED) is 0.797. The van der Waals surface area contributed by atoms with E-state index in [9.17, 15) is 4.39 Å². The van der Waals surface area contributed by atoms with Crippen LogP contribution >= 0.6 is 0 Å². The van der Waals surface area contributed by atoms with Crippen LogP contribution in [0.25, 0.3) is 0 Å². The normalized spacial score (nSPS) is 19.4. The Labute approximate surface area is 96.2 Å². The molecule has 0 heterocycles. The zero-order valence-electron chi connectivity index (χ0n) is 9.89. The summed E-state index contributed by atoms with van der Waals surface area (Å²) in [6.07, 6.45) is 2.32. The molecule has 1 atom stereocenters. The highest BCUT2D eigenvalue weighted by Crippen LogP contribution is 2.54. The molecule has 0 amide bonds. The first-order valence-corrected chi connectivity index (χ1v) is 5.80. The van der Waals surface area contributed by atoms with Gasteiger partial charge in [0.2, 0.25) is 0 Å². The molecule has 88 valence electrons. The molecule has 0 bridgehead atoms. The van der Waals surface area contributed by atoms with Gasteiger partial charge in [-0.15, -0.1) is 0 Å². The van der Waals surface area contributed by atoms with Gasteiger partial charge in [-0.2, -0.15) is 0 Å². The van der Waals surface area contributed by atoms with Gasteiger partial charge in [0.05, 0.1) is 0 Å². The molecule has 2 nitrogen and oxygen atoms in total. The Balaban J connectivity index is 2.26. The summed E-state index contributed by atoms with van der Waals surface area (Å²) in [5.41, 5.74) is 0.990. The van der Waals surface area contributed by atoms with Crippen molar-refractivity contribution in [3.05, 3.63) is 35.6 Å². The van der Waals surface area contributed by atoms with E-state index in [1.54, 1.807) is 6.07 Å². The lowest BCUT2D eigenvalue weighted by Crippen LogP contribution is -2.34. The molecule has 1 aromatic rings. The fraction of sp³-hybridized carbons (Fsp3) is 0.538. The number of hydrogen-bond donors (Lipinski definition) is 2. The van der Waals surface area contributed by atoms with E-state index in [1.807, 2.05) is 26.2 Å². The lowest BCUT2D eigenvalue weighted by molar-refractivity contribution is 0.337. The number of rotatable bonds is 5. The molecule has 1 aromatic carbocycles. The van der Waals surface area contributed by atoms with Crippen LogP contribution in [0.15, 0.2) is 24.3 Å². The highest BCUT2D eigenvalue weighted by Gasteiger charge is 2.49. The van der Waals surface area contributed by atoms with Crippen LogP contribution in [0.2, 0.25) is 0 Å². The minimum absolute atomic E-state index is 0.107. The monoisotopic (exact) mass is 222 g/mol. The first-order valence-electron chi connectivity index (χ1n) is 5.80. The van der Waals surface area contributed by atoms with Crippen LogP contribution in [0.3, 0.4) is 0 Å². The second kappa shape index (κ2) is 4.52. The Morgan fingerprint density at radius 2 is 2.00 bits per heavy atom. The van der Waals surface area contributed by atoms with E-state index in [4.69, 9.17) is 0 Å². The zero-order chi connectivity index (χ0) is 11.6. The second-order valence-electron chi connectivity index (χ2n) is 4.64. The van der Waals surface area contributed by atoms with E-state index in [0.717, 1.165) is 24.9 Å². The molecule has 1 unspecified atom stereocenters. The molecule has 0 spiro atoms. The Kier molecular flexibility index (Phi) is 3.26. The van der Waals surface area contributed by atoms with Crippen molar-refractivity contribution in [3.63, 3.8) is 0 Å². The summed E-state index contributed by atoms with van der Waals surface area (Å²) in [6.45, 7) is 0.937. The minimum Gasteiger partial charge on any atom is -0.319 e. The maximum absolute atomic E-state index is 13.8. The van der Waals surface area contributed by atoms with Crippen molar-refractivity contribution in [1.82, 2.24) is 10.6 Å². The first kappa shape index (κ1) is 11.6. The average Bonchev–Trinajstić information content (AvgIpc) is 3.03. The minimum atomic E-state index is -0.107. The lowest BCUT2D eigenvalue weighted by atomic mass is 9.89. The van der Waals surface area contributed by atoms with Crippen molar-refractivity contribution in [2.75, 3.05) is 20.6 Å². The van der Waals surface area contributed by atoms with Gasteiger partial charge in [0, 0.05) is 23.6 Å². The van der Waals surface area contributed by atoms with Gasteiger partial charge < -0.3 is 10.6 Å². The van der Waals surface area contributed by atoms with Crippen LogP contribution in [0.1, 0.15) is 24.4 Å². The molecular formula is C13H19FN2. The van der Waals surface area contributed by atoms with E-state index in [-0.39, 0.29) is 17.3 Å². The third-order valence-corrected chi connectivity index (χ3v) is 3.54. The van der Waals surface area contributed by atoms with Crippen molar-refractivity contribution in [1.29, 1.82) is 0 Å². The Morgan fingerprint density at radius 1 is 1.31 bits per heavy atom. The summed E-state index contributed by atoms with van der Waals surface area (Å²) in [5, 5.41) is 6.48. The van der Waals surface area contributed by atoms with Crippen molar-refractivity contribution in [3.8, 4) is 0 Å². The Bertz CT molecular complexity index is 361. The summed E-state index contributed by atoms with van der Waals surface area (Å²) in [5.74, 6) is -0.107. The van der Waals surface area contributed by atoms with Crippen molar-refractivity contribution in [2.45, 2.75) is 18.9 Å². The van der Waals surface area contributed by atoms with Crippen molar-refractivity contribution >= 4 is 0 Å². The van der Waals surface area contributed by atoms with Gasteiger partial charge >= 0.3 is 0 Å². The molecule has 0 aliphatic heterocycles. The van der Waals surface area contributed by atoms with Crippen LogP contribution < -0.4 is 10.6 Å². The molecule has 2 rings (SSSR count). The van der Waals surface area contributed by atoms with Gasteiger partial charge in [0.15, 0.2) is 0 Å². The summed E-state index contributed by atoms with van der Waals surface area (Å²) < 4.78 is 13.8. The summed E-state index contributed by atoms with van der Waals surface area (Å²) in [7, 11) is 3.86. The zero-order valence-corrected chi connectivity index (χ0v) is 9.89. The molecule has 1 aliphatic carbocycles. The molecule has 0 aromatic heterocycles. The largest absolute Gasteiger partial charge is 0.319 e. The maximum Gasteiger partial charge on any atom is 0.127 e. The van der Waals surface area contributed by atoms with Crippen LogP contribution in [-0.2, 0) is 0 Å². The molecule has 1 fully saturated rings. The third-order valence-electron chi connectivity index (χ3n) is 3.54. The van der Waals surface area contributed by atoms with Crippen LogP contribution in [0.5, 0.6) is 0 Å². The number of nitrogens with one attached hydrogen (secondary N) is 2. The fourth-order valence-corrected chi connectivity index (χ4v) is 2.58. The molecular weight excluding hydrogens is 203 g/mol. The average molecular weight is 222 g/mol. The molecule has 16 heavy (non-hydrogen) atoms. The molecule has 2 N–H and O–H groups in total. The molecule has 1 aliphatic rings. The van der Waals surface area contributed by atoms with Crippen LogP contribution in [0, 0.1) is 11.2 Å². The predicted octanol–water partition coefficient (Wildman–Crippen LogP) is 2.09. The van der Waals surface area contributed by atoms with Gasteiger partial charge in [-0.05, 0) is 33.0 Å². The van der Waals surface area contributed by atoms with Crippen molar-refractivity contribution < 1.29 is 4.39 Å². The first-order chi connectivity index (χ1) is 7.73. The molecule has 1 saturated carbocycles. The van der Waals surface area contributed by atoms with E-state index < -0.39 is 0 Å². The predicted molar refractivity (Wildman–Crippen MR) is 63.8 cm³/mol. The number of halogens is 1. The van der Waals surface area contributed by atoms with Gasteiger partial charge in [0.25, 0.3) is 0 Å². The third kappa shape index (κ3) is 1.97. The molecule has 3 heteroatoms. The van der Waals surface area contributed by atoms with Gasteiger partial charge in [-0.25, -0.2) is 4.39 Å². The van der Waals surface area contributed by atoms with Gasteiger partial charge in [-0.3, -0.25) is 0 Å². The maximum atomic E-state index is 13.8. The van der Waals surface area contributed by atoms with E-state index in [2.05, 4.69) is 10.6 Å². The van der Waals surface area contributed by atoms with Crippen LogP contribution in [-0.4, -0.2) is 20.6 Å². The Hall–Kier alpha value is -0.930. The fourth-order valence-electron chi connectivity index (χ4n) is 2.58. The number of hydrogen-bond acceptors (Lipinski definition) is 2. The smallest absolute Gasteiger partial charge is 0.127 e. The highest BCUT2D eigenvalue weighted by molar-refractivity contribution is 5.26. The van der Waals surface area contributed by atoms with Gasteiger partial charge in [0.1, 0.15) is 5.82 Å². The van der Waals surface area contributed by atoms with E-state index in [1.165, 1.54) is 6.07 Å². The van der Waals surface area contributed by atoms with E-state index >= 15 is 0 Å². The topological polar surface area (TPSA) is 24.1 Å². The molecule has 0 radical (unpaired) electrons. The highest BCUT2D eigenvalue weighted by atomic mass is 19.1. The molecule has 0 saturated heterocycles. The van der Waals surface area contributed by atoms with E-state index in [0.29, 0.717) is 0 Å². The Morgan fingerprint density at radius 3 is 2.50 bits per heavy atom. The summed E-state index contributed by atoms with van der Waals surface area (Å²) in [4.78, 5) is 0. The second-order valence-corrected chi connectivity index (χ2v) is 4.64. The number of benzene rings is 1. The van der Waals surface area contributed by atoms with Gasteiger partial charge in [-0.1, -0.05) is 18.2 Å². The summed E-state index contributed by atoms with van der Waals surface area (Å²) in [6, 6.07) is 7.17. The SMILES string of the molecule is CNCC1(C(NC)c2ccccc2F)CC1.